The molecule has 25 heavy (non-hydrogen) atoms. The summed E-state index contributed by atoms with van der Waals surface area (Å²) < 4.78 is 15.9. The van der Waals surface area contributed by atoms with E-state index in [4.69, 9.17) is 25.5 Å². The number of oxazole rings is 1. The van der Waals surface area contributed by atoms with E-state index in [0.29, 0.717) is 33.5 Å². The van der Waals surface area contributed by atoms with E-state index in [1.165, 1.54) is 13.5 Å². The zero-order valence-corrected chi connectivity index (χ0v) is 14.3. The van der Waals surface area contributed by atoms with Gasteiger partial charge >= 0.3 is 0 Å². The molecule has 1 heterocycles. The normalized spacial score (nSPS) is 10.4. The van der Waals surface area contributed by atoms with E-state index in [2.05, 4.69) is 10.3 Å². The minimum atomic E-state index is -0.402. The van der Waals surface area contributed by atoms with Crippen molar-refractivity contribution < 1.29 is 18.7 Å². The fourth-order valence-electron chi connectivity index (χ4n) is 2.35. The van der Waals surface area contributed by atoms with Crippen LogP contribution < -0.4 is 14.8 Å². The fourth-order valence-corrected chi connectivity index (χ4v) is 2.54. The second-order valence-electron chi connectivity index (χ2n) is 5.06. The summed E-state index contributed by atoms with van der Waals surface area (Å²) in [4.78, 5) is 16.6. The summed E-state index contributed by atoms with van der Waals surface area (Å²) in [6, 6.07) is 12.1. The monoisotopic (exact) mass is 358 g/mol. The van der Waals surface area contributed by atoms with Gasteiger partial charge in [0.25, 0.3) is 5.91 Å². The SMILES string of the molecule is COc1ccc(-c2ocnc2C(=O)Nc2cccc(Cl)c2)cc1OC. The zero-order chi connectivity index (χ0) is 17.8. The zero-order valence-electron chi connectivity index (χ0n) is 13.6. The maximum Gasteiger partial charge on any atom is 0.278 e. The summed E-state index contributed by atoms with van der Waals surface area (Å²) in [6.07, 6.45) is 1.22. The van der Waals surface area contributed by atoms with Crippen molar-refractivity contribution in [3.8, 4) is 22.8 Å². The van der Waals surface area contributed by atoms with Crippen molar-refractivity contribution in [1.29, 1.82) is 0 Å². The Morgan fingerprint density at radius 3 is 2.64 bits per heavy atom. The molecular weight excluding hydrogens is 344 g/mol. The number of nitrogens with zero attached hydrogens (tertiary/aromatic N) is 1. The van der Waals surface area contributed by atoms with Gasteiger partial charge in [-0.2, -0.15) is 0 Å². The molecule has 128 valence electrons. The first-order chi connectivity index (χ1) is 12.1. The topological polar surface area (TPSA) is 73.6 Å². The molecule has 0 fully saturated rings. The highest BCUT2D eigenvalue weighted by Crippen LogP contribution is 2.33. The van der Waals surface area contributed by atoms with Crippen LogP contribution in [0.4, 0.5) is 5.69 Å². The molecule has 0 saturated carbocycles. The predicted octanol–water partition coefficient (Wildman–Crippen LogP) is 4.26. The third kappa shape index (κ3) is 3.59. The Bertz CT molecular complexity index is 908. The van der Waals surface area contributed by atoms with Crippen molar-refractivity contribution in [2.75, 3.05) is 19.5 Å². The average molecular weight is 359 g/mol. The van der Waals surface area contributed by atoms with Crippen molar-refractivity contribution in [2.24, 2.45) is 0 Å². The molecule has 0 atom stereocenters. The maximum atomic E-state index is 12.5. The first-order valence-corrected chi connectivity index (χ1v) is 7.73. The average Bonchev–Trinajstić information content (AvgIpc) is 3.11. The van der Waals surface area contributed by atoms with Gasteiger partial charge in [-0.3, -0.25) is 4.79 Å². The molecule has 0 bridgehead atoms. The van der Waals surface area contributed by atoms with Gasteiger partial charge < -0.3 is 19.2 Å². The first kappa shape index (κ1) is 16.9. The number of aromatic nitrogens is 1. The van der Waals surface area contributed by atoms with Gasteiger partial charge in [-0.25, -0.2) is 4.98 Å². The number of hydrogen-bond donors (Lipinski definition) is 1. The van der Waals surface area contributed by atoms with Crippen molar-refractivity contribution in [3.05, 3.63) is 59.6 Å². The number of ether oxygens (including phenoxy) is 2. The van der Waals surface area contributed by atoms with E-state index in [1.807, 2.05) is 0 Å². The van der Waals surface area contributed by atoms with E-state index >= 15 is 0 Å². The summed E-state index contributed by atoms with van der Waals surface area (Å²) in [5.41, 5.74) is 1.37. The number of anilines is 1. The molecule has 3 rings (SSSR count). The van der Waals surface area contributed by atoms with Gasteiger partial charge in [0.1, 0.15) is 0 Å². The van der Waals surface area contributed by atoms with Crippen LogP contribution in [0.1, 0.15) is 10.5 Å². The Labute approximate surface area is 149 Å². The third-order valence-corrected chi connectivity index (χ3v) is 3.75. The van der Waals surface area contributed by atoms with Crippen LogP contribution in [-0.2, 0) is 0 Å². The van der Waals surface area contributed by atoms with Gasteiger partial charge in [0.05, 0.1) is 14.2 Å². The summed E-state index contributed by atoms with van der Waals surface area (Å²) in [6.45, 7) is 0. The smallest absolute Gasteiger partial charge is 0.278 e. The van der Waals surface area contributed by atoms with E-state index in [-0.39, 0.29) is 5.69 Å². The van der Waals surface area contributed by atoms with Crippen LogP contribution in [-0.4, -0.2) is 25.1 Å². The molecule has 0 unspecified atom stereocenters. The quantitative estimate of drug-likeness (QED) is 0.737. The minimum absolute atomic E-state index is 0.159. The number of halogens is 1. The van der Waals surface area contributed by atoms with Crippen LogP contribution in [0.2, 0.25) is 5.02 Å². The Morgan fingerprint density at radius 1 is 1.12 bits per heavy atom. The van der Waals surface area contributed by atoms with Crippen LogP contribution in [0, 0.1) is 0 Å². The lowest BCUT2D eigenvalue weighted by Crippen LogP contribution is -2.13. The molecule has 0 aliphatic carbocycles. The molecule has 0 radical (unpaired) electrons. The molecule has 1 aromatic heterocycles. The Balaban J connectivity index is 1.91. The van der Waals surface area contributed by atoms with Crippen molar-refractivity contribution in [1.82, 2.24) is 4.98 Å². The van der Waals surface area contributed by atoms with Crippen molar-refractivity contribution in [3.63, 3.8) is 0 Å². The number of carbonyl (C=O) groups is 1. The van der Waals surface area contributed by atoms with Gasteiger partial charge in [-0.15, -0.1) is 0 Å². The highest BCUT2D eigenvalue weighted by molar-refractivity contribution is 6.31. The van der Waals surface area contributed by atoms with Gasteiger partial charge in [0.15, 0.2) is 29.3 Å². The lowest BCUT2D eigenvalue weighted by molar-refractivity contribution is 0.102. The van der Waals surface area contributed by atoms with Crippen LogP contribution in [0.25, 0.3) is 11.3 Å². The Kier molecular flexibility index (Phi) is 4.90. The summed E-state index contributed by atoms with van der Waals surface area (Å²) in [5.74, 6) is 1.04. The van der Waals surface area contributed by atoms with Gasteiger partial charge in [0.2, 0.25) is 0 Å². The third-order valence-electron chi connectivity index (χ3n) is 3.51. The summed E-state index contributed by atoms with van der Waals surface area (Å²) in [7, 11) is 3.09. The second-order valence-corrected chi connectivity index (χ2v) is 5.50. The van der Waals surface area contributed by atoms with Crippen LogP contribution in [0.15, 0.2) is 53.3 Å². The molecule has 2 aromatic carbocycles. The van der Waals surface area contributed by atoms with E-state index < -0.39 is 5.91 Å². The van der Waals surface area contributed by atoms with E-state index in [9.17, 15) is 4.79 Å². The Morgan fingerprint density at radius 2 is 1.92 bits per heavy atom. The largest absolute Gasteiger partial charge is 0.493 e. The Hall–Kier alpha value is -2.99. The summed E-state index contributed by atoms with van der Waals surface area (Å²) >= 11 is 5.93. The van der Waals surface area contributed by atoms with Gasteiger partial charge in [-0.1, -0.05) is 17.7 Å². The van der Waals surface area contributed by atoms with Crippen LogP contribution in [0.5, 0.6) is 11.5 Å². The number of benzene rings is 2. The molecule has 7 heteroatoms. The van der Waals surface area contributed by atoms with Gasteiger partial charge in [-0.05, 0) is 36.4 Å². The molecule has 0 saturated heterocycles. The number of rotatable bonds is 5. The molecule has 0 aliphatic rings. The number of carbonyl (C=O) groups excluding carboxylic acids is 1. The molecule has 0 aliphatic heterocycles. The first-order valence-electron chi connectivity index (χ1n) is 7.35. The highest BCUT2D eigenvalue weighted by atomic mass is 35.5. The molecule has 0 spiro atoms. The lowest BCUT2D eigenvalue weighted by atomic mass is 10.1. The van der Waals surface area contributed by atoms with Crippen molar-refractivity contribution in [2.45, 2.75) is 0 Å². The van der Waals surface area contributed by atoms with E-state index in [1.54, 1.807) is 49.6 Å². The molecule has 1 amide bonds. The number of amides is 1. The minimum Gasteiger partial charge on any atom is -0.493 e. The molecule has 6 nitrogen and oxygen atoms in total. The van der Waals surface area contributed by atoms with Crippen molar-refractivity contribution >= 4 is 23.2 Å². The number of hydrogen-bond acceptors (Lipinski definition) is 5. The van der Waals surface area contributed by atoms with Crippen LogP contribution in [0.3, 0.4) is 0 Å². The summed E-state index contributed by atoms with van der Waals surface area (Å²) in [5, 5.41) is 3.27. The number of methoxy groups -OCH3 is 2. The molecular formula is C18H15ClN2O4. The fraction of sp³-hybridized carbons (Fsp3) is 0.111. The van der Waals surface area contributed by atoms with Gasteiger partial charge in [0, 0.05) is 16.3 Å². The molecule has 1 N–H and O–H groups in total. The maximum absolute atomic E-state index is 12.5. The molecule has 3 aromatic rings. The lowest BCUT2D eigenvalue weighted by Gasteiger charge is -2.09. The second kappa shape index (κ2) is 7.27. The van der Waals surface area contributed by atoms with E-state index in [0.717, 1.165) is 0 Å². The standard InChI is InChI=1S/C18H15ClN2O4/c1-23-14-7-6-11(8-15(14)24-2)17-16(20-10-25-17)18(22)21-13-5-3-4-12(19)9-13/h3-10H,1-2H3,(H,21,22). The predicted molar refractivity (Wildman–Crippen MR) is 94.4 cm³/mol. The number of nitrogens with one attached hydrogen (secondary N) is 1. The highest BCUT2D eigenvalue weighted by Gasteiger charge is 2.20. The van der Waals surface area contributed by atoms with Crippen LogP contribution >= 0.6 is 11.6 Å².